The summed E-state index contributed by atoms with van der Waals surface area (Å²) in [5.74, 6) is 0.195. The smallest absolute Gasteiger partial charge is 0.246 e. The van der Waals surface area contributed by atoms with E-state index in [4.69, 9.17) is 9.40 Å². The van der Waals surface area contributed by atoms with E-state index in [2.05, 4.69) is 20.5 Å². The van der Waals surface area contributed by atoms with Gasteiger partial charge in [-0.15, -0.1) is 10.2 Å². The Balaban J connectivity index is 1.27. The number of halogens is 2. The number of nitrogens with one attached hydrogen (secondary N) is 1. The van der Waals surface area contributed by atoms with E-state index in [-0.39, 0.29) is 23.3 Å². The molecule has 2 fully saturated rings. The molecule has 0 amide bonds. The highest BCUT2D eigenvalue weighted by Crippen LogP contribution is 2.43. The van der Waals surface area contributed by atoms with Crippen LogP contribution in [0, 0.1) is 11.6 Å². The Bertz CT molecular complexity index is 1770. The highest BCUT2D eigenvalue weighted by Gasteiger charge is 2.36. The Morgan fingerprint density at radius 2 is 1.93 bits per heavy atom. The summed E-state index contributed by atoms with van der Waals surface area (Å²) in [4.78, 5) is 9.48. The number of oxazole rings is 1. The average Bonchev–Trinajstić information content (AvgIpc) is 3.41. The van der Waals surface area contributed by atoms with Crippen molar-refractivity contribution in [3.8, 4) is 34.1 Å². The van der Waals surface area contributed by atoms with E-state index in [9.17, 15) is 9.50 Å². The molecule has 0 bridgehead atoms. The molecular weight excluding hydrogens is 526 g/mol. The van der Waals surface area contributed by atoms with Crippen molar-refractivity contribution in [1.29, 1.82) is 0 Å². The summed E-state index contributed by atoms with van der Waals surface area (Å²) in [5.41, 5.74) is 3.98. The van der Waals surface area contributed by atoms with Crippen LogP contribution in [0.15, 0.2) is 53.2 Å². The summed E-state index contributed by atoms with van der Waals surface area (Å²) < 4.78 is 37.2. The van der Waals surface area contributed by atoms with Gasteiger partial charge in [0.1, 0.15) is 23.4 Å². The number of fused-ring (bicyclic) bond motifs is 1. The van der Waals surface area contributed by atoms with E-state index in [1.54, 1.807) is 23.0 Å². The quantitative estimate of drug-likeness (QED) is 0.257. The molecule has 2 atom stereocenters. The molecule has 5 aromatic rings. The number of benzene rings is 2. The van der Waals surface area contributed by atoms with E-state index in [0.29, 0.717) is 35.1 Å². The monoisotopic (exact) mass is 556 g/mol. The van der Waals surface area contributed by atoms with Crippen LogP contribution in [0.5, 0.6) is 0 Å². The first-order chi connectivity index (χ1) is 19.7. The number of aliphatic hydroxyl groups is 1. The van der Waals surface area contributed by atoms with Gasteiger partial charge in [0.25, 0.3) is 0 Å². The Morgan fingerprint density at radius 1 is 1.07 bits per heavy atom. The topological polar surface area (TPSA) is 102 Å². The third-order valence-corrected chi connectivity index (χ3v) is 8.29. The van der Waals surface area contributed by atoms with Crippen LogP contribution in [0.1, 0.15) is 56.2 Å². The van der Waals surface area contributed by atoms with Gasteiger partial charge in [0.15, 0.2) is 17.2 Å². The summed E-state index contributed by atoms with van der Waals surface area (Å²) in [6.07, 6.45) is 6.22. The lowest BCUT2D eigenvalue weighted by molar-refractivity contribution is 0.0387. The van der Waals surface area contributed by atoms with Crippen LogP contribution >= 0.6 is 0 Å². The fourth-order valence-corrected chi connectivity index (χ4v) is 5.86. The average molecular weight is 557 g/mol. The second-order valence-corrected chi connectivity index (χ2v) is 11.5. The summed E-state index contributed by atoms with van der Waals surface area (Å²) in [6, 6.07) is 11.7. The fourth-order valence-electron chi connectivity index (χ4n) is 5.86. The molecule has 7 rings (SSSR count). The van der Waals surface area contributed by atoms with Gasteiger partial charge in [-0.25, -0.2) is 18.7 Å². The predicted octanol–water partition coefficient (Wildman–Crippen LogP) is 5.90. The fraction of sp³-hybridized carbons (Fsp3) is 0.355. The van der Waals surface area contributed by atoms with E-state index < -0.39 is 11.4 Å². The Morgan fingerprint density at radius 3 is 2.66 bits per heavy atom. The molecule has 0 aliphatic heterocycles. The predicted molar refractivity (Wildman–Crippen MR) is 150 cm³/mol. The lowest BCUT2D eigenvalue weighted by atomic mass is 9.97. The molecule has 2 saturated carbocycles. The van der Waals surface area contributed by atoms with Crippen LogP contribution < -0.4 is 5.32 Å². The standard InChI is InChI=1S/C31H30F2N6O2/c1-31(40)9-3-4-27(31)34-15-17-10-23(33)28-25(11-17)37-30(41-28)26-13-19(12-24(36-26)18-5-6-18)21-8-7-20(32)14-22(21)29-38-35-16-39(29)2/h7-8,10-14,16,18,27,34,40H,3-6,9,15H2,1-2H3/t27-,31+/m1/s1. The molecule has 2 aliphatic rings. The molecule has 3 aromatic heterocycles. The zero-order valence-electron chi connectivity index (χ0n) is 22.9. The highest BCUT2D eigenvalue weighted by atomic mass is 19.1. The minimum Gasteiger partial charge on any atom is -0.432 e. The molecule has 8 nitrogen and oxygen atoms in total. The number of hydrogen-bond acceptors (Lipinski definition) is 7. The molecule has 2 aromatic carbocycles. The lowest BCUT2D eigenvalue weighted by Gasteiger charge is -2.26. The minimum absolute atomic E-state index is 0.0418. The molecule has 0 unspecified atom stereocenters. The largest absolute Gasteiger partial charge is 0.432 e. The van der Waals surface area contributed by atoms with Gasteiger partial charge in [-0.2, -0.15) is 0 Å². The molecule has 3 heterocycles. The minimum atomic E-state index is -0.767. The van der Waals surface area contributed by atoms with Gasteiger partial charge in [-0.3, -0.25) is 0 Å². The maximum absolute atomic E-state index is 15.2. The molecule has 0 radical (unpaired) electrons. The summed E-state index contributed by atoms with van der Waals surface area (Å²) in [7, 11) is 1.81. The second-order valence-electron chi connectivity index (χ2n) is 11.5. The molecule has 0 spiro atoms. The number of nitrogens with zero attached hydrogens (tertiary/aromatic N) is 5. The number of pyridine rings is 1. The van der Waals surface area contributed by atoms with Gasteiger partial charge in [0.05, 0.1) is 5.60 Å². The van der Waals surface area contributed by atoms with Crippen LogP contribution in [0.25, 0.3) is 45.2 Å². The molecule has 0 saturated heterocycles. The summed E-state index contributed by atoms with van der Waals surface area (Å²) >= 11 is 0. The van der Waals surface area contributed by atoms with E-state index >= 15 is 4.39 Å². The van der Waals surface area contributed by atoms with Gasteiger partial charge in [0.2, 0.25) is 5.89 Å². The number of rotatable bonds is 7. The zero-order valence-corrected chi connectivity index (χ0v) is 22.9. The van der Waals surface area contributed by atoms with Crippen molar-refractivity contribution in [3.05, 3.63) is 71.7 Å². The van der Waals surface area contributed by atoms with Crippen molar-refractivity contribution < 1.29 is 18.3 Å². The van der Waals surface area contributed by atoms with Gasteiger partial charge in [-0.05, 0) is 92.1 Å². The van der Waals surface area contributed by atoms with Crippen LogP contribution in [-0.2, 0) is 13.6 Å². The normalized spacial score (nSPS) is 20.8. The molecule has 41 heavy (non-hydrogen) atoms. The molecule has 10 heteroatoms. The maximum atomic E-state index is 15.2. The first-order valence-electron chi connectivity index (χ1n) is 14.0. The van der Waals surface area contributed by atoms with E-state index in [0.717, 1.165) is 54.5 Å². The van der Waals surface area contributed by atoms with Gasteiger partial charge < -0.3 is 19.4 Å². The third-order valence-electron chi connectivity index (χ3n) is 8.29. The van der Waals surface area contributed by atoms with E-state index in [1.807, 2.05) is 26.1 Å². The summed E-state index contributed by atoms with van der Waals surface area (Å²) in [6.45, 7) is 2.25. The van der Waals surface area contributed by atoms with Crippen molar-refractivity contribution >= 4 is 11.1 Å². The Labute approximate surface area is 235 Å². The van der Waals surface area contributed by atoms with Crippen molar-refractivity contribution in [2.75, 3.05) is 0 Å². The lowest BCUT2D eigenvalue weighted by Crippen LogP contribution is -2.44. The van der Waals surface area contributed by atoms with Crippen LogP contribution in [0.3, 0.4) is 0 Å². The van der Waals surface area contributed by atoms with Crippen molar-refractivity contribution in [3.63, 3.8) is 0 Å². The SMILES string of the molecule is Cn1cnnc1-c1cc(F)ccc1-c1cc(-c2nc3cc(CN[C@@H]4CCC[C@]4(C)O)cc(F)c3o2)nc(C2CC2)c1. The van der Waals surface area contributed by atoms with Gasteiger partial charge >= 0.3 is 0 Å². The maximum Gasteiger partial charge on any atom is 0.246 e. The number of hydrogen-bond donors (Lipinski definition) is 2. The molecule has 210 valence electrons. The van der Waals surface area contributed by atoms with Crippen molar-refractivity contribution in [1.82, 2.24) is 30.0 Å². The third kappa shape index (κ3) is 4.91. The van der Waals surface area contributed by atoms with Crippen LogP contribution in [0.2, 0.25) is 0 Å². The number of aromatic nitrogens is 5. The van der Waals surface area contributed by atoms with Gasteiger partial charge in [0, 0.05) is 36.8 Å². The number of aryl methyl sites for hydroxylation is 1. The highest BCUT2D eigenvalue weighted by molar-refractivity contribution is 5.83. The first-order valence-corrected chi connectivity index (χ1v) is 14.0. The van der Waals surface area contributed by atoms with Crippen molar-refractivity contribution in [2.45, 2.75) is 63.1 Å². The van der Waals surface area contributed by atoms with Crippen LogP contribution in [-0.4, -0.2) is 41.5 Å². The second kappa shape index (κ2) is 9.81. The molecular formula is C31H30F2N6O2. The van der Waals surface area contributed by atoms with Crippen LogP contribution in [0.4, 0.5) is 8.78 Å². The van der Waals surface area contributed by atoms with Crippen molar-refractivity contribution in [2.24, 2.45) is 7.05 Å². The van der Waals surface area contributed by atoms with E-state index in [1.165, 1.54) is 18.2 Å². The van der Waals surface area contributed by atoms with Gasteiger partial charge in [-0.1, -0.05) is 6.07 Å². The Kier molecular flexibility index (Phi) is 6.20. The first kappa shape index (κ1) is 25.9. The summed E-state index contributed by atoms with van der Waals surface area (Å²) in [5, 5.41) is 22.1. The Hall–Kier alpha value is -4.02. The molecule has 2 aliphatic carbocycles. The zero-order chi connectivity index (χ0) is 28.3. The molecule has 2 N–H and O–H groups in total.